The number of alkyl halides is 1. The van der Waals surface area contributed by atoms with Gasteiger partial charge in [0.1, 0.15) is 6.10 Å². The van der Waals surface area contributed by atoms with Gasteiger partial charge in [0.25, 0.3) is 5.79 Å². The van der Waals surface area contributed by atoms with Gasteiger partial charge >= 0.3 is 11.9 Å². The molecule has 0 aromatic carbocycles. The summed E-state index contributed by atoms with van der Waals surface area (Å²) >= 11 is 5.44. The van der Waals surface area contributed by atoms with Crippen molar-refractivity contribution in [2.75, 3.05) is 11.5 Å². The Kier molecular flexibility index (Phi) is 6.25. The molecule has 108 valence electrons. The first kappa shape index (κ1) is 16.9. The Morgan fingerprint density at radius 1 is 1.58 bits per heavy atom. The average Bonchev–Trinajstić information content (AvgIpc) is 2.60. The molecule has 0 saturated carbocycles. The topological polar surface area (TPSA) is 61.8 Å². The zero-order chi connectivity index (χ0) is 14.6. The van der Waals surface area contributed by atoms with E-state index in [2.05, 4.69) is 38.5 Å². The SMILES string of the molecule is CCCC(OC(C)=O)C1=C(Br)C(CI)(OC)OC1=O. The summed E-state index contributed by atoms with van der Waals surface area (Å²) in [5.41, 5.74) is 0.329. The number of cyclic esters (lactones) is 1. The zero-order valence-corrected chi connectivity index (χ0v) is 14.7. The molecule has 1 aliphatic rings. The molecule has 0 radical (unpaired) electrons. The van der Waals surface area contributed by atoms with Crippen LogP contribution in [0.1, 0.15) is 26.7 Å². The Labute approximate surface area is 134 Å². The van der Waals surface area contributed by atoms with Crippen molar-refractivity contribution in [1.29, 1.82) is 0 Å². The predicted octanol–water partition coefficient (Wildman–Crippen LogP) is 2.70. The van der Waals surface area contributed by atoms with Crippen LogP contribution in [0, 0.1) is 0 Å². The van der Waals surface area contributed by atoms with Crippen LogP contribution in [-0.4, -0.2) is 35.4 Å². The summed E-state index contributed by atoms with van der Waals surface area (Å²) in [4.78, 5) is 23.2. The van der Waals surface area contributed by atoms with Crippen molar-refractivity contribution in [3.8, 4) is 0 Å². The lowest BCUT2D eigenvalue weighted by Gasteiger charge is -2.24. The van der Waals surface area contributed by atoms with Gasteiger partial charge in [0, 0.05) is 14.0 Å². The quantitative estimate of drug-likeness (QED) is 0.356. The Bertz CT molecular complexity index is 403. The molecule has 0 aromatic heterocycles. The van der Waals surface area contributed by atoms with Gasteiger partial charge in [0.05, 0.1) is 14.5 Å². The van der Waals surface area contributed by atoms with Crippen LogP contribution in [0.2, 0.25) is 0 Å². The highest BCUT2D eigenvalue weighted by molar-refractivity contribution is 14.1. The molecular weight excluding hydrogens is 431 g/mol. The van der Waals surface area contributed by atoms with Gasteiger partial charge < -0.3 is 14.2 Å². The minimum Gasteiger partial charge on any atom is -0.457 e. The molecule has 0 aliphatic carbocycles. The van der Waals surface area contributed by atoms with Crippen LogP contribution in [-0.2, 0) is 23.8 Å². The monoisotopic (exact) mass is 446 g/mol. The number of rotatable bonds is 6. The molecule has 2 atom stereocenters. The van der Waals surface area contributed by atoms with Crippen molar-refractivity contribution in [3.63, 3.8) is 0 Å². The maximum Gasteiger partial charge on any atom is 0.341 e. The molecule has 1 rings (SSSR count). The van der Waals surface area contributed by atoms with Crippen LogP contribution in [0.5, 0.6) is 0 Å². The molecule has 5 nitrogen and oxygen atoms in total. The van der Waals surface area contributed by atoms with Gasteiger partial charge in [-0.15, -0.1) is 0 Å². The summed E-state index contributed by atoms with van der Waals surface area (Å²) in [6, 6.07) is 0. The fourth-order valence-electron chi connectivity index (χ4n) is 1.81. The summed E-state index contributed by atoms with van der Waals surface area (Å²) in [6.07, 6.45) is 0.726. The van der Waals surface area contributed by atoms with Crippen molar-refractivity contribution in [2.45, 2.75) is 38.6 Å². The van der Waals surface area contributed by atoms with Crippen LogP contribution in [0.4, 0.5) is 0 Å². The molecule has 19 heavy (non-hydrogen) atoms. The van der Waals surface area contributed by atoms with E-state index >= 15 is 0 Å². The maximum absolute atomic E-state index is 12.0. The summed E-state index contributed by atoms with van der Waals surface area (Å²) in [7, 11) is 1.47. The van der Waals surface area contributed by atoms with Crippen molar-refractivity contribution < 1.29 is 23.8 Å². The molecule has 0 spiro atoms. The van der Waals surface area contributed by atoms with E-state index < -0.39 is 23.8 Å². The first-order valence-electron chi connectivity index (χ1n) is 5.83. The number of carbonyl (C=O) groups is 2. The van der Waals surface area contributed by atoms with Crippen LogP contribution < -0.4 is 0 Å². The van der Waals surface area contributed by atoms with E-state index in [-0.39, 0.29) is 0 Å². The molecular formula is C12H16BrIO5. The standard InChI is InChI=1S/C12H16BrIO5/c1-4-5-8(18-7(2)15)9-10(13)12(6-14,17-3)19-11(9)16/h8H,4-6H2,1-3H3. The molecule has 0 fully saturated rings. The smallest absolute Gasteiger partial charge is 0.341 e. The van der Waals surface area contributed by atoms with Gasteiger partial charge in [-0.25, -0.2) is 4.79 Å². The maximum atomic E-state index is 12.0. The first-order chi connectivity index (χ1) is 8.91. The second kappa shape index (κ2) is 7.03. The molecule has 0 bridgehead atoms. The molecule has 0 N–H and O–H groups in total. The van der Waals surface area contributed by atoms with Gasteiger partial charge in [-0.05, 0) is 22.4 Å². The lowest BCUT2D eigenvalue weighted by atomic mass is 10.0. The summed E-state index contributed by atoms with van der Waals surface area (Å²) < 4.78 is 16.8. The number of esters is 2. The lowest BCUT2D eigenvalue weighted by Crippen LogP contribution is -2.34. The molecule has 0 saturated heterocycles. The highest BCUT2D eigenvalue weighted by atomic mass is 127. The minimum atomic E-state index is -1.11. The molecule has 0 amide bonds. The Balaban J connectivity index is 3.15. The van der Waals surface area contributed by atoms with Crippen molar-refractivity contribution >= 4 is 50.5 Å². The van der Waals surface area contributed by atoms with E-state index in [9.17, 15) is 9.59 Å². The Morgan fingerprint density at radius 2 is 2.21 bits per heavy atom. The normalized spacial score (nSPS) is 24.4. The van der Waals surface area contributed by atoms with Crippen molar-refractivity contribution in [3.05, 3.63) is 10.1 Å². The average molecular weight is 447 g/mol. The second-order valence-electron chi connectivity index (χ2n) is 4.09. The van der Waals surface area contributed by atoms with Gasteiger partial charge in [-0.3, -0.25) is 4.79 Å². The van der Waals surface area contributed by atoms with Gasteiger partial charge in [0.15, 0.2) is 0 Å². The number of ether oxygens (including phenoxy) is 3. The highest BCUT2D eigenvalue weighted by Crippen LogP contribution is 2.41. The van der Waals surface area contributed by atoms with E-state index in [0.29, 0.717) is 20.9 Å². The number of carbonyl (C=O) groups excluding carboxylic acids is 2. The summed E-state index contributed by atoms with van der Waals surface area (Å²) in [6.45, 7) is 3.27. The molecule has 1 aliphatic heterocycles. The number of hydrogen-bond acceptors (Lipinski definition) is 5. The van der Waals surface area contributed by atoms with Crippen LogP contribution in [0.3, 0.4) is 0 Å². The zero-order valence-electron chi connectivity index (χ0n) is 11.0. The molecule has 2 unspecified atom stereocenters. The van der Waals surface area contributed by atoms with Crippen LogP contribution >= 0.6 is 38.5 Å². The second-order valence-corrected chi connectivity index (χ2v) is 5.65. The Hall–Kier alpha value is -0.150. The van der Waals surface area contributed by atoms with Gasteiger partial charge in [0.2, 0.25) is 0 Å². The summed E-state index contributed by atoms with van der Waals surface area (Å²) in [5, 5.41) is 0. The third-order valence-corrected chi connectivity index (χ3v) is 4.77. The minimum absolute atomic E-state index is 0.329. The molecule has 7 heteroatoms. The first-order valence-corrected chi connectivity index (χ1v) is 8.15. The lowest BCUT2D eigenvalue weighted by molar-refractivity contribution is -0.180. The number of halogens is 2. The largest absolute Gasteiger partial charge is 0.457 e. The molecule has 0 aromatic rings. The van der Waals surface area contributed by atoms with E-state index in [1.807, 2.05) is 6.92 Å². The third kappa shape index (κ3) is 3.49. The van der Waals surface area contributed by atoms with Gasteiger partial charge in [-0.1, -0.05) is 35.9 Å². The van der Waals surface area contributed by atoms with E-state index in [1.54, 1.807) is 0 Å². The third-order valence-electron chi connectivity index (χ3n) is 2.74. The van der Waals surface area contributed by atoms with E-state index in [0.717, 1.165) is 6.42 Å². The highest BCUT2D eigenvalue weighted by Gasteiger charge is 2.49. The Morgan fingerprint density at radius 3 is 2.58 bits per heavy atom. The fourth-order valence-corrected chi connectivity index (χ4v) is 3.99. The van der Waals surface area contributed by atoms with E-state index in [1.165, 1.54) is 14.0 Å². The summed E-state index contributed by atoms with van der Waals surface area (Å²) in [5.74, 6) is -2.05. The van der Waals surface area contributed by atoms with E-state index in [4.69, 9.17) is 14.2 Å². The van der Waals surface area contributed by atoms with Crippen molar-refractivity contribution in [1.82, 2.24) is 0 Å². The number of hydrogen-bond donors (Lipinski definition) is 0. The van der Waals surface area contributed by atoms with Gasteiger partial charge in [-0.2, -0.15) is 0 Å². The molecule has 1 heterocycles. The number of methoxy groups -OCH3 is 1. The van der Waals surface area contributed by atoms with Crippen molar-refractivity contribution in [2.24, 2.45) is 0 Å². The predicted molar refractivity (Wildman–Crippen MR) is 81.1 cm³/mol. The van der Waals surface area contributed by atoms with Crippen LogP contribution in [0.25, 0.3) is 0 Å². The fraction of sp³-hybridized carbons (Fsp3) is 0.667. The van der Waals surface area contributed by atoms with Crippen LogP contribution in [0.15, 0.2) is 10.1 Å².